The summed E-state index contributed by atoms with van der Waals surface area (Å²) >= 11 is 0. The molecule has 3 aromatic rings. The highest BCUT2D eigenvalue weighted by molar-refractivity contribution is 5.87. The van der Waals surface area contributed by atoms with Crippen molar-refractivity contribution in [2.45, 2.75) is 13.0 Å². The molecule has 0 fully saturated rings. The standard InChI is InChI=1S/C21H18N2O6/c1-13(20-22-23-21(29-20)15-5-7-16(25-2)8-6-15)28-19(24)10-4-14-3-9-17-18(11-14)27-12-26-17/h3-11,13H,12H2,1-2H3/b10-4+/t13-/m0/s1. The van der Waals surface area contributed by atoms with Crippen LogP contribution < -0.4 is 14.2 Å². The molecule has 1 aromatic heterocycles. The van der Waals surface area contributed by atoms with Crippen molar-refractivity contribution in [1.29, 1.82) is 0 Å². The van der Waals surface area contributed by atoms with E-state index in [1.165, 1.54) is 6.08 Å². The Morgan fingerprint density at radius 2 is 1.90 bits per heavy atom. The molecule has 0 unspecified atom stereocenters. The van der Waals surface area contributed by atoms with Crippen LogP contribution in [0, 0.1) is 0 Å². The van der Waals surface area contributed by atoms with Crippen LogP contribution in [0.1, 0.15) is 24.5 Å². The molecule has 2 aromatic carbocycles. The van der Waals surface area contributed by atoms with Gasteiger partial charge in [-0.25, -0.2) is 4.79 Å². The first kappa shape index (κ1) is 18.5. The van der Waals surface area contributed by atoms with E-state index >= 15 is 0 Å². The highest BCUT2D eigenvalue weighted by atomic mass is 16.7. The number of nitrogens with zero attached hydrogens (tertiary/aromatic N) is 2. The summed E-state index contributed by atoms with van der Waals surface area (Å²) in [6.45, 7) is 1.86. The van der Waals surface area contributed by atoms with Gasteiger partial charge in [0.25, 0.3) is 5.89 Å². The molecule has 0 amide bonds. The van der Waals surface area contributed by atoms with Gasteiger partial charge in [0.1, 0.15) is 5.75 Å². The Bertz CT molecular complexity index is 1040. The van der Waals surface area contributed by atoms with Crippen molar-refractivity contribution in [3.05, 3.63) is 60.0 Å². The molecule has 1 aliphatic heterocycles. The van der Waals surface area contributed by atoms with E-state index in [-0.39, 0.29) is 12.7 Å². The van der Waals surface area contributed by atoms with E-state index in [4.69, 9.17) is 23.4 Å². The van der Waals surface area contributed by atoms with Gasteiger partial charge in [0.15, 0.2) is 17.6 Å². The number of fused-ring (bicyclic) bond motifs is 1. The summed E-state index contributed by atoms with van der Waals surface area (Å²) in [5.74, 6) is 2.07. The molecule has 2 heterocycles. The quantitative estimate of drug-likeness (QED) is 0.460. The van der Waals surface area contributed by atoms with Crippen molar-refractivity contribution in [2.75, 3.05) is 13.9 Å². The van der Waals surface area contributed by atoms with Gasteiger partial charge in [0.2, 0.25) is 12.7 Å². The van der Waals surface area contributed by atoms with Crippen molar-refractivity contribution < 1.29 is 28.2 Å². The molecule has 0 saturated carbocycles. The highest BCUT2D eigenvalue weighted by Crippen LogP contribution is 2.32. The maximum absolute atomic E-state index is 12.1. The maximum Gasteiger partial charge on any atom is 0.331 e. The Kier molecular flexibility index (Phi) is 5.15. The summed E-state index contributed by atoms with van der Waals surface area (Å²) in [4.78, 5) is 12.1. The molecule has 1 atom stereocenters. The SMILES string of the molecule is COc1ccc(-c2nnc([C@H](C)OC(=O)/C=C/c3ccc4c(c3)OCO4)o2)cc1. The molecule has 0 bridgehead atoms. The largest absolute Gasteiger partial charge is 0.497 e. The van der Waals surface area contributed by atoms with Gasteiger partial charge in [-0.05, 0) is 55.0 Å². The van der Waals surface area contributed by atoms with Crippen molar-refractivity contribution in [3.8, 4) is 28.7 Å². The molecule has 0 N–H and O–H groups in total. The average molecular weight is 394 g/mol. The van der Waals surface area contributed by atoms with E-state index in [2.05, 4.69) is 10.2 Å². The van der Waals surface area contributed by atoms with Gasteiger partial charge in [-0.3, -0.25) is 0 Å². The molecule has 29 heavy (non-hydrogen) atoms. The summed E-state index contributed by atoms with van der Waals surface area (Å²) in [6, 6.07) is 12.6. The number of hydrogen-bond donors (Lipinski definition) is 0. The van der Waals surface area contributed by atoms with E-state index in [0.717, 1.165) is 16.9 Å². The minimum Gasteiger partial charge on any atom is -0.497 e. The zero-order valence-electron chi connectivity index (χ0n) is 15.8. The van der Waals surface area contributed by atoms with Gasteiger partial charge >= 0.3 is 5.97 Å². The first-order valence-corrected chi connectivity index (χ1v) is 8.88. The van der Waals surface area contributed by atoms with Crippen LogP contribution in [0.3, 0.4) is 0 Å². The Hall–Kier alpha value is -3.81. The zero-order valence-corrected chi connectivity index (χ0v) is 15.8. The third kappa shape index (κ3) is 4.21. The van der Waals surface area contributed by atoms with E-state index in [1.807, 2.05) is 6.07 Å². The molecule has 0 spiro atoms. The van der Waals surface area contributed by atoms with Crippen molar-refractivity contribution in [3.63, 3.8) is 0 Å². The lowest BCUT2D eigenvalue weighted by Crippen LogP contribution is -2.06. The average Bonchev–Trinajstić information content (AvgIpc) is 3.41. The first-order chi connectivity index (χ1) is 14.1. The highest BCUT2D eigenvalue weighted by Gasteiger charge is 2.18. The smallest absolute Gasteiger partial charge is 0.331 e. The summed E-state index contributed by atoms with van der Waals surface area (Å²) in [5.41, 5.74) is 1.53. The van der Waals surface area contributed by atoms with Crippen molar-refractivity contribution >= 4 is 12.0 Å². The molecular formula is C21H18N2O6. The first-order valence-electron chi connectivity index (χ1n) is 8.88. The third-order valence-electron chi connectivity index (χ3n) is 4.23. The molecule has 0 saturated heterocycles. The third-order valence-corrected chi connectivity index (χ3v) is 4.23. The van der Waals surface area contributed by atoms with Crippen LogP contribution in [0.2, 0.25) is 0 Å². The minimum absolute atomic E-state index is 0.199. The number of ether oxygens (including phenoxy) is 4. The van der Waals surface area contributed by atoms with Crippen LogP contribution in [-0.2, 0) is 9.53 Å². The van der Waals surface area contributed by atoms with Gasteiger partial charge in [0, 0.05) is 11.6 Å². The maximum atomic E-state index is 12.1. The monoisotopic (exact) mass is 394 g/mol. The van der Waals surface area contributed by atoms with Crippen LogP contribution in [0.25, 0.3) is 17.5 Å². The van der Waals surface area contributed by atoms with Gasteiger partial charge in [-0.2, -0.15) is 0 Å². The lowest BCUT2D eigenvalue weighted by atomic mass is 10.2. The lowest BCUT2D eigenvalue weighted by Gasteiger charge is -2.07. The van der Waals surface area contributed by atoms with Gasteiger partial charge in [-0.1, -0.05) is 6.07 Å². The number of methoxy groups -OCH3 is 1. The Morgan fingerprint density at radius 1 is 1.10 bits per heavy atom. The van der Waals surface area contributed by atoms with E-state index in [9.17, 15) is 4.79 Å². The Balaban J connectivity index is 1.38. The second-order valence-corrected chi connectivity index (χ2v) is 6.20. The predicted molar refractivity (Wildman–Crippen MR) is 102 cm³/mol. The number of esters is 1. The number of carbonyl (C=O) groups excluding carboxylic acids is 1. The normalized spacial score (nSPS) is 13.4. The van der Waals surface area contributed by atoms with Gasteiger partial charge in [0.05, 0.1) is 7.11 Å². The fourth-order valence-electron chi connectivity index (χ4n) is 2.69. The molecule has 0 radical (unpaired) electrons. The summed E-state index contributed by atoms with van der Waals surface area (Å²) in [7, 11) is 1.59. The number of carbonyl (C=O) groups is 1. The molecule has 0 aliphatic carbocycles. The second kappa shape index (κ2) is 8.05. The van der Waals surface area contributed by atoms with Gasteiger partial charge < -0.3 is 23.4 Å². The number of rotatable bonds is 6. The lowest BCUT2D eigenvalue weighted by molar-refractivity contribution is -0.143. The van der Waals surface area contributed by atoms with Crippen LogP contribution in [0.5, 0.6) is 17.2 Å². The van der Waals surface area contributed by atoms with Crippen molar-refractivity contribution in [1.82, 2.24) is 10.2 Å². The van der Waals surface area contributed by atoms with Crippen LogP contribution in [0.15, 0.2) is 53.0 Å². The van der Waals surface area contributed by atoms with Crippen LogP contribution in [-0.4, -0.2) is 30.1 Å². The minimum atomic E-state index is -0.691. The molecule has 1 aliphatic rings. The molecule has 8 nitrogen and oxygen atoms in total. The Labute approximate surface area is 166 Å². The topological polar surface area (TPSA) is 92.9 Å². The Morgan fingerprint density at radius 3 is 2.69 bits per heavy atom. The van der Waals surface area contributed by atoms with E-state index in [1.54, 1.807) is 56.5 Å². The predicted octanol–water partition coefficient (Wildman–Crippen LogP) is 3.79. The van der Waals surface area contributed by atoms with Crippen LogP contribution >= 0.6 is 0 Å². The number of benzene rings is 2. The van der Waals surface area contributed by atoms with Gasteiger partial charge in [-0.15, -0.1) is 10.2 Å². The molecular weight excluding hydrogens is 376 g/mol. The summed E-state index contributed by atoms with van der Waals surface area (Å²) in [6.07, 6.45) is 2.27. The fourth-order valence-corrected chi connectivity index (χ4v) is 2.69. The number of hydrogen-bond acceptors (Lipinski definition) is 8. The van der Waals surface area contributed by atoms with E-state index in [0.29, 0.717) is 17.4 Å². The molecule has 4 rings (SSSR count). The van der Waals surface area contributed by atoms with Crippen LogP contribution in [0.4, 0.5) is 0 Å². The molecule has 8 heteroatoms. The zero-order chi connectivity index (χ0) is 20.2. The van der Waals surface area contributed by atoms with Crippen molar-refractivity contribution in [2.24, 2.45) is 0 Å². The molecule has 148 valence electrons. The fraction of sp³-hybridized carbons (Fsp3) is 0.190. The summed E-state index contributed by atoms with van der Waals surface area (Å²) < 4.78 is 26.7. The second-order valence-electron chi connectivity index (χ2n) is 6.20. The number of aromatic nitrogens is 2. The van der Waals surface area contributed by atoms with E-state index < -0.39 is 12.1 Å². The summed E-state index contributed by atoms with van der Waals surface area (Å²) in [5, 5.41) is 7.97.